The molecule has 0 aliphatic carbocycles. The first kappa shape index (κ1) is 17.8. The molecule has 0 aliphatic rings. The molecule has 0 aromatic heterocycles. The fourth-order valence-electron chi connectivity index (χ4n) is 0.787. The zero-order valence-corrected chi connectivity index (χ0v) is 10.2. The summed E-state index contributed by atoms with van der Waals surface area (Å²) in [7, 11) is 0. The zero-order chi connectivity index (χ0) is 9.94. The van der Waals surface area contributed by atoms with Crippen molar-refractivity contribution in [2.75, 3.05) is 19.8 Å². The van der Waals surface area contributed by atoms with Gasteiger partial charge in [-0.2, -0.15) is 0 Å². The quantitative estimate of drug-likeness (QED) is 0.561. The zero-order valence-electron chi connectivity index (χ0n) is 9.04. The van der Waals surface area contributed by atoms with Crippen molar-refractivity contribution in [2.24, 2.45) is 0 Å². The summed E-state index contributed by atoms with van der Waals surface area (Å²) < 4.78 is 16.5. The first-order valence-electron chi connectivity index (χ1n) is 5.19. The van der Waals surface area contributed by atoms with Gasteiger partial charge in [0.05, 0.1) is 0 Å². The molecule has 80 valence electrons. The van der Waals surface area contributed by atoms with Gasteiger partial charge in [-0.3, -0.25) is 0 Å². The van der Waals surface area contributed by atoms with Crippen molar-refractivity contribution >= 4 is 44.7 Å². The van der Waals surface area contributed by atoms with Crippen LogP contribution in [0.1, 0.15) is 40.0 Å². The minimum atomic E-state index is -1.79. The first-order valence-corrected chi connectivity index (χ1v) is 6.61. The van der Waals surface area contributed by atoms with Gasteiger partial charge in [0.25, 0.3) is 0 Å². The van der Waals surface area contributed by atoms with Crippen LogP contribution in [0.15, 0.2) is 0 Å². The summed E-state index contributed by atoms with van der Waals surface area (Å²) >= 11 is -1.79. The maximum absolute atomic E-state index is 5.49. The molecule has 5 heteroatoms. The van der Waals surface area contributed by atoms with Gasteiger partial charge < -0.3 is 11.4 Å². The topological polar surface area (TPSA) is 27.7 Å². The third-order valence-electron chi connectivity index (χ3n) is 1.37. The van der Waals surface area contributed by atoms with Crippen LogP contribution in [-0.4, -0.2) is 64.5 Å². The summed E-state index contributed by atoms with van der Waals surface area (Å²) in [6.07, 6.45) is 3.07. The summed E-state index contributed by atoms with van der Waals surface area (Å²) in [5.74, 6) is 0. The third-order valence-corrected chi connectivity index (χ3v) is 2.90. The molecule has 14 heavy (non-hydrogen) atoms. The van der Waals surface area contributed by atoms with Crippen LogP contribution in [0.5, 0.6) is 0 Å². The van der Waals surface area contributed by atoms with E-state index in [1.807, 2.05) is 0 Å². The van der Waals surface area contributed by atoms with Crippen LogP contribution < -0.4 is 0 Å². The second-order valence-corrected chi connectivity index (χ2v) is 4.48. The SMILES string of the molecule is CCC[O][Al]([O]CCC)[O]CCC.[NaH]. The summed E-state index contributed by atoms with van der Waals surface area (Å²) in [6, 6.07) is 0. The molecule has 0 aromatic rings. The molecule has 0 aliphatic heterocycles. The molecule has 0 saturated heterocycles. The van der Waals surface area contributed by atoms with Crippen molar-refractivity contribution < 1.29 is 11.4 Å². The minimum absolute atomic E-state index is 0. The second kappa shape index (κ2) is 14.4. The van der Waals surface area contributed by atoms with E-state index < -0.39 is 15.1 Å². The van der Waals surface area contributed by atoms with E-state index in [1.165, 1.54) is 0 Å². The Kier molecular flexibility index (Phi) is 18.3. The molecule has 0 rings (SSSR count). The molecule has 0 fully saturated rings. The molecule has 0 saturated carbocycles. The van der Waals surface area contributed by atoms with Gasteiger partial charge in [-0.15, -0.1) is 0 Å². The van der Waals surface area contributed by atoms with Crippen LogP contribution in [-0.2, 0) is 11.4 Å². The molecule has 0 heterocycles. The maximum atomic E-state index is 5.49. The summed E-state index contributed by atoms with van der Waals surface area (Å²) in [4.78, 5) is 0. The van der Waals surface area contributed by atoms with Crippen molar-refractivity contribution in [1.82, 2.24) is 0 Å². The average molecular weight is 228 g/mol. The fourth-order valence-corrected chi connectivity index (χ4v) is 2.36. The molecular weight excluding hydrogens is 206 g/mol. The molecule has 0 spiro atoms. The Morgan fingerprint density at radius 1 is 0.714 bits per heavy atom. The van der Waals surface area contributed by atoms with Gasteiger partial charge in [0, 0.05) is 19.8 Å². The van der Waals surface area contributed by atoms with Crippen molar-refractivity contribution in [3.05, 3.63) is 0 Å². The van der Waals surface area contributed by atoms with Crippen molar-refractivity contribution in [3.8, 4) is 0 Å². The standard InChI is InChI=1S/3C3H7O.Al.Na.H/c3*1-2-3-4;;;/h3*2-3H2,1H3;;;/q3*-1;+3;;. The van der Waals surface area contributed by atoms with E-state index >= 15 is 0 Å². The monoisotopic (exact) mass is 228 g/mol. The Morgan fingerprint density at radius 2 is 1.00 bits per heavy atom. The Labute approximate surface area is 115 Å². The van der Waals surface area contributed by atoms with Crippen molar-refractivity contribution in [1.29, 1.82) is 0 Å². The second-order valence-electron chi connectivity index (χ2n) is 2.90. The van der Waals surface area contributed by atoms with Crippen LogP contribution in [0.4, 0.5) is 0 Å². The summed E-state index contributed by atoms with van der Waals surface area (Å²) in [6.45, 7) is 8.53. The van der Waals surface area contributed by atoms with E-state index in [0.29, 0.717) is 0 Å². The van der Waals surface area contributed by atoms with Gasteiger partial charge in [-0.1, -0.05) is 20.8 Å². The molecular formula is C9H22AlNaO3. The number of hydrogen-bond acceptors (Lipinski definition) is 3. The van der Waals surface area contributed by atoms with Crippen LogP contribution in [0.25, 0.3) is 0 Å². The van der Waals surface area contributed by atoms with Gasteiger partial charge in [-0.25, -0.2) is 0 Å². The summed E-state index contributed by atoms with van der Waals surface area (Å²) in [5.41, 5.74) is 0. The fraction of sp³-hybridized carbons (Fsp3) is 1.00. The van der Waals surface area contributed by atoms with E-state index in [-0.39, 0.29) is 29.6 Å². The Morgan fingerprint density at radius 3 is 1.21 bits per heavy atom. The average Bonchev–Trinajstić information content (AvgIpc) is 2.17. The molecule has 0 aromatic carbocycles. The predicted octanol–water partition coefficient (Wildman–Crippen LogP) is 1.60. The first-order chi connectivity index (χ1) is 6.35. The van der Waals surface area contributed by atoms with E-state index in [0.717, 1.165) is 39.1 Å². The number of hydrogen-bond donors (Lipinski definition) is 0. The van der Waals surface area contributed by atoms with Gasteiger partial charge in [0.1, 0.15) is 0 Å². The van der Waals surface area contributed by atoms with Crippen molar-refractivity contribution in [3.63, 3.8) is 0 Å². The molecule has 0 unspecified atom stereocenters. The summed E-state index contributed by atoms with van der Waals surface area (Å²) in [5, 5.41) is 0. The van der Waals surface area contributed by atoms with Crippen LogP contribution in [0.3, 0.4) is 0 Å². The van der Waals surface area contributed by atoms with Gasteiger partial charge >= 0.3 is 44.7 Å². The van der Waals surface area contributed by atoms with Gasteiger partial charge in [-0.05, 0) is 19.3 Å². The van der Waals surface area contributed by atoms with Gasteiger partial charge in [0.15, 0.2) is 0 Å². The molecule has 0 N–H and O–H groups in total. The van der Waals surface area contributed by atoms with Crippen LogP contribution in [0, 0.1) is 0 Å². The van der Waals surface area contributed by atoms with Crippen LogP contribution in [0.2, 0.25) is 0 Å². The van der Waals surface area contributed by atoms with Gasteiger partial charge in [0.2, 0.25) is 0 Å². The van der Waals surface area contributed by atoms with E-state index in [1.54, 1.807) is 0 Å². The Balaban J connectivity index is 0. The van der Waals surface area contributed by atoms with E-state index in [9.17, 15) is 0 Å². The van der Waals surface area contributed by atoms with E-state index in [4.69, 9.17) is 11.4 Å². The van der Waals surface area contributed by atoms with Crippen LogP contribution >= 0.6 is 0 Å². The van der Waals surface area contributed by atoms with E-state index in [2.05, 4.69) is 20.8 Å². The number of rotatable bonds is 9. The Hall–Kier alpha value is 1.41. The molecule has 0 bridgehead atoms. The Bertz CT molecular complexity index is 87.0. The predicted molar refractivity (Wildman–Crippen MR) is 61.6 cm³/mol. The molecule has 0 atom stereocenters. The normalized spacial score (nSPS) is 9.64. The molecule has 0 amide bonds. The third kappa shape index (κ3) is 11.5. The molecule has 3 nitrogen and oxygen atoms in total. The van der Waals surface area contributed by atoms with Crippen molar-refractivity contribution in [2.45, 2.75) is 40.0 Å². The molecule has 0 radical (unpaired) electrons.